The molecule has 0 unspecified atom stereocenters. The molecule has 230 valence electrons. The molecule has 9 heteroatoms. The number of ether oxygens (including phenoxy) is 1. The van der Waals surface area contributed by atoms with E-state index in [1.165, 1.54) is 11.8 Å². The van der Waals surface area contributed by atoms with Crippen molar-refractivity contribution in [1.29, 1.82) is 0 Å². The number of aliphatic hydroxyl groups is 1. The Morgan fingerprint density at radius 2 is 1.90 bits per heavy atom. The summed E-state index contributed by atoms with van der Waals surface area (Å²) >= 11 is 1.43. The van der Waals surface area contributed by atoms with E-state index in [9.17, 15) is 19.5 Å². The number of hydrogen-bond acceptors (Lipinski definition) is 7. The van der Waals surface area contributed by atoms with Gasteiger partial charge in [0.25, 0.3) is 0 Å². The van der Waals surface area contributed by atoms with Crippen molar-refractivity contribution in [1.82, 2.24) is 5.32 Å². The molecule has 3 rings (SSSR count). The van der Waals surface area contributed by atoms with Crippen molar-refractivity contribution in [3.63, 3.8) is 0 Å². The van der Waals surface area contributed by atoms with Gasteiger partial charge in [0.15, 0.2) is 0 Å². The van der Waals surface area contributed by atoms with Crippen molar-refractivity contribution >= 4 is 41.8 Å². The third-order valence-electron chi connectivity index (χ3n) is 10.9. The number of thioether (sulfide) groups is 1. The number of carbonyl (C=O) groups excluding carboxylic acids is 3. The molecule has 3 aliphatic rings. The number of nitrogens with one attached hydrogen (secondary N) is 1. The van der Waals surface area contributed by atoms with Crippen molar-refractivity contribution in [3.8, 4) is 0 Å². The molecule has 3 saturated carbocycles. The predicted molar refractivity (Wildman–Crippen MR) is 164 cm³/mol. The van der Waals surface area contributed by atoms with Crippen molar-refractivity contribution in [2.75, 3.05) is 12.3 Å². The fourth-order valence-corrected chi connectivity index (χ4v) is 8.47. The highest BCUT2D eigenvalue weighted by atomic mass is 35.5. The van der Waals surface area contributed by atoms with Gasteiger partial charge in [0.05, 0.1) is 17.9 Å². The van der Waals surface area contributed by atoms with Crippen LogP contribution in [0, 0.1) is 39.9 Å². The molecular weight excluding hydrogens is 548 g/mol. The quantitative estimate of drug-likeness (QED) is 0.254. The van der Waals surface area contributed by atoms with Gasteiger partial charge in [0.1, 0.15) is 11.9 Å². The minimum absolute atomic E-state index is 0. The number of halogens is 1. The van der Waals surface area contributed by atoms with Gasteiger partial charge in [-0.1, -0.05) is 47.6 Å². The Labute approximate surface area is 252 Å². The SMILES string of the molecule is C=C[C@]1(C)C[C@H](OC(=O)CSC(C)(C)CNC(=O)[C@@H](N)C(C)C)[C@]2(C)[C@H](C)CC[C@]3(CCC(=O)[C@H]32)[C@H](C)[C@H]1O.Cl. The Morgan fingerprint density at radius 3 is 2.48 bits per heavy atom. The topological polar surface area (TPSA) is 119 Å². The first kappa shape index (κ1) is 35.1. The van der Waals surface area contributed by atoms with Gasteiger partial charge < -0.3 is 20.9 Å². The number of esters is 1. The molecule has 9 atom stereocenters. The molecule has 0 aromatic rings. The second kappa shape index (κ2) is 12.6. The van der Waals surface area contributed by atoms with Gasteiger partial charge in [-0.2, -0.15) is 0 Å². The average Bonchev–Trinajstić information content (AvgIpc) is 3.24. The van der Waals surface area contributed by atoms with Crippen LogP contribution in [0.15, 0.2) is 12.7 Å². The van der Waals surface area contributed by atoms with Gasteiger partial charge in [-0.25, -0.2) is 0 Å². The van der Waals surface area contributed by atoms with Gasteiger partial charge in [-0.15, -0.1) is 30.7 Å². The highest BCUT2D eigenvalue weighted by Crippen LogP contribution is 2.68. The smallest absolute Gasteiger partial charge is 0.316 e. The fraction of sp³-hybridized carbons (Fsp3) is 0.839. The molecule has 0 aromatic carbocycles. The van der Waals surface area contributed by atoms with Gasteiger partial charge in [-0.3, -0.25) is 14.4 Å². The summed E-state index contributed by atoms with van der Waals surface area (Å²) in [6.07, 6.45) is 4.17. The van der Waals surface area contributed by atoms with E-state index in [0.29, 0.717) is 19.4 Å². The van der Waals surface area contributed by atoms with Crippen molar-refractivity contribution < 1.29 is 24.2 Å². The molecule has 0 heterocycles. The zero-order chi connectivity index (χ0) is 29.6. The Bertz CT molecular complexity index is 975. The number of ketones is 1. The van der Waals surface area contributed by atoms with Crippen LogP contribution >= 0.6 is 24.2 Å². The van der Waals surface area contributed by atoms with Crippen LogP contribution in [0.3, 0.4) is 0 Å². The summed E-state index contributed by atoms with van der Waals surface area (Å²) in [5, 5.41) is 14.6. The molecule has 2 bridgehead atoms. The average molecular weight is 601 g/mol. The number of hydrogen-bond donors (Lipinski definition) is 3. The standard InChI is InChI=1S/C31H52N2O5S.ClH/c1-10-29(8)15-22(38-23(35)16-39-28(6,7)17-33-27(37)24(32)18(2)3)30(9)19(4)11-13-31(20(5)26(29)36)14-12-21(34)25(30)31;/h10,18-20,22,24-26,36H,1,11-17,32H2,2-9H3,(H,33,37);1H/t19-,20-,22+,24+,25+,26-,29-,30+,31+;/m1./s1. The summed E-state index contributed by atoms with van der Waals surface area (Å²) in [5.74, 6) is -0.243. The van der Waals surface area contributed by atoms with Crippen LogP contribution in [0.1, 0.15) is 87.5 Å². The molecule has 0 aliphatic heterocycles. The van der Waals surface area contributed by atoms with Gasteiger partial charge in [0, 0.05) is 34.5 Å². The molecule has 3 fully saturated rings. The normalized spacial score (nSPS) is 38.4. The minimum Gasteiger partial charge on any atom is -0.461 e. The van der Waals surface area contributed by atoms with E-state index in [0.717, 1.165) is 19.3 Å². The minimum atomic E-state index is -0.684. The van der Waals surface area contributed by atoms with E-state index < -0.39 is 33.8 Å². The van der Waals surface area contributed by atoms with E-state index in [1.54, 1.807) is 0 Å². The molecule has 0 spiro atoms. The van der Waals surface area contributed by atoms with Crippen LogP contribution in [0.5, 0.6) is 0 Å². The number of nitrogens with two attached hydrogens (primary N) is 1. The summed E-state index contributed by atoms with van der Waals surface area (Å²) in [4.78, 5) is 39.2. The van der Waals surface area contributed by atoms with Gasteiger partial charge in [0.2, 0.25) is 5.91 Å². The highest BCUT2D eigenvalue weighted by molar-refractivity contribution is 8.01. The number of Topliss-reactive ketones (excluding diaryl/α,β-unsaturated/α-hetero) is 1. The first-order chi connectivity index (χ1) is 17.9. The maximum absolute atomic E-state index is 13.5. The van der Waals surface area contributed by atoms with E-state index in [-0.39, 0.29) is 64.9 Å². The van der Waals surface area contributed by atoms with E-state index >= 15 is 0 Å². The fourth-order valence-electron chi connectivity index (χ4n) is 7.72. The van der Waals surface area contributed by atoms with Gasteiger partial charge >= 0.3 is 5.97 Å². The van der Waals surface area contributed by atoms with Crippen LogP contribution < -0.4 is 11.1 Å². The molecule has 0 aromatic heterocycles. The summed E-state index contributed by atoms with van der Waals surface area (Å²) in [6.45, 7) is 20.7. The van der Waals surface area contributed by atoms with Crippen molar-refractivity contribution in [3.05, 3.63) is 12.7 Å². The maximum Gasteiger partial charge on any atom is 0.316 e. The summed E-state index contributed by atoms with van der Waals surface area (Å²) < 4.78 is 5.92. The lowest BCUT2D eigenvalue weighted by Crippen LogP contribution is -2.63. The van der Waals surface area contributed by atoms with Crippen molar-refractivity contribution in [2.45, 2.75) is 110 Å². The van der Waals surface area contributed by atoms with Crippen LogP contribution in [0.2, 0.25) is 0 Å². The van der Waals surface area contributed by atoms with E-state index in [4.69, 9.17) is 10.5 Å². The number of rotatable bonds is 9. The van der Waals surface area contributed by atoms with Crippen molar-refractivity contribution in [2.24, 2.45) is 45.7 Å². The summed E-state index contributed by atoms with van der Waals surface area (Å²) in [5.41, 5.74) is 4.49. The van der Waals surface area contributed by atoms with Crippen LogP contribution in [0.25, 0.3) is 0 Å². The lowest BCUT2D eigenvalue weighted by molar-refractivity contribution is -0.205. The molecule has 3 aliphatic carbocycles. The zero-order valence-electron chi connectivity index (χ0n) is 25.7. The van der Waals surface area contributed by atoms with Gasteiger partial charge in [-0.05, 0) is 62.7 Å². The van der Waals surface area contributed by atoms with Crippen LogP contribution in [-0.4, -0.2) is 58.1 Å². The van der Waals surface area contributed by atoms with E-state index in [2.05, 4.69) is 32.7 Å². The van der Waals surface area contributed by atoms with Crippen LogP contribution in [-0.2, 0) is 19.1 Å². The molecule has 1 amide bonds. The summed E-state index contributed by atoms with van der Waals surface area (Å²) in [7, 11) is 0. The summed E-state index contributed by atoms with van der Waals surface area (Å²) in [6, 6.07) is -0.573. The lowest BCUT2D eigenvalue weighted by Gasteiger charge is -2.61. The maximum atomic E-state index is 13.5. The highest BCUT2D eigenvalue weighted by Gasteiger charge is 2.68. The first-order valence-corrected chi connectivity index (χ1v) is 15.6. The lowest BCUT2D eigenvalue weighted by atomic mass is 9.44. The monoisotopic (exact) mass is 600 g/mol. The first-order valence-electron chi connectivity index (χ1n) is 14.7. The number of amides is 1. The Balaban J connectivity index is 0.00000560. The molecule has 7 nitrogen and oxygen atoms in total. The van der Waals surface area contributed by atoms with Crippen LogP contribution in [0.4, 0.5) is 0 Å². The van der Waals surface area contributed by atoms with E-state index in [1.807, 2.05) is 40.7 Å². The predicted octanol–water partition coefficient (Wildman–Crippen LogP) is 4.93. The second-order valence-corrected chi connectivity index (χ2v) is 15.8. The number of carbonyl (C=O) groups is 3. The molecule has 0 radical (unpaired) electrons. The molecule has 0 saturated heterocycles. The largest absolute Gasteiger partial charge is 0.461 e. The third kappa shape index (κ3) is 6.30. The Morgan fingerprint density at radius 1 is 1.27 bits per heavy atom. The third-order valence-corrected chi connectivity index (χ3v) is 12.2. The second-order valence-electron chi connectivity index (χ2n) is 14.1. The Hall–Kier alpha value is -1.09. The Kier molecular flexibility index (Phi) is 11.1. The zero-order valence-corrected chi connectivity index (χ0v) is 27.4. The molecule has 4 N–H and O–H groups in total. The molecule has 40 heavy (non-hydrogen) atoms. The number of aliphatic hydroxyl groups excluding tert-OH is 1. The molecular formula is C31H53ClN2O5S.